The van der Waals surface area contributed by atoms with Crippen molar-refractivity contribution in [3.8, 4) is 5.13 Å². The number of thiazole rings is 1. The van der Waals surface area contributed by atoms with Crippen LogP contribution in [0, 0.1) is 6.92 Å². The molecular formula is C24H24N4O3S2. The van der Waals surface area contributed by atoms with Crippen molar-refractivity contribution in [1.82, 2.24) is 14.8 Å². The van der Waals surface area contributed by atoms with Crippen molar-refractivity contribution in [2.75, 3.05) is 11.1 Å². The normalized spacial score (nSPS) is 13.8. The van der Waals surface area contributed by atoms with Crippen molar-refractivity contribution in [3.05, 3.63) is 64.8 Å². The van der Waals surface area contributed by atoms with Gasteiger partial charge >= 0.3 is 0 Å². The van der Waals surface area contributed by atoms with E-state index in [0.717, 1.165) is 28.8 Å². The average Bonchev–Trinajstić information content (AvgIpc) is 3.39. The number of nitrogens with zero attached hydrogens (tertiary/aromatic N) is 3. The molecule has 0 saturated carbocycles. The Hall–Kier alpha value is -3.04. The Bertz CT molecular complexity index is 1440. The van der Waals surface area contributed by atoms with Crippen LogP contribution in [-0.4, -0.2) is 34.8 Å². The minimum absolute atomic E-state index is 0.0263. The molecule has 1 amide bonds. The van der Waals surface area contributed by atoms with Gasteiger partial charge < -0.3 is 5.32 Å². The number of rotatable bonds is 5. The highest BCUT2D eigenvalue weighted by molar-refractivity contribution is 7.91. The van der Waals surface area contributed by atoms with Crippen molar-refractivity contribution in [2.24, 2.45) is 0 Å². The van der Waals surface area contributed by atoms with Gasteiger partial charge in [-0.1, -0.05) is 30.4 Å². The summed E-state index contributed by atoms with van der Waals surface area (Å²) in [5.74, 6) is -0.130. The van der Waals surface area contributed by atoms with E-state index in [0.29, 0.717) is 10.9 Å². The van der Waals surface area contributed by atoms with Gasteiger partial charge in [-0.15, -0.1) is 0 Å². The largest absolute Gasteiger partial charge is 0.306 e. The molecule has 5 rings (SSSR count). The maximum atomic E-state index is 13.1. The number of nitrogens with one attached hydrogen (secondary N) is 1. The monoisotopic (exact) mass is 480 g/mol. The zero-order valence-corrected chi connectivity index (χ0v) is 20.1. The Morgan fingerprint density at radius 1 is 1.12 bits per heavy atom. The Kier molecular flexibility index (Phi) is 5.54. The van der Waals surface area contributed by atoms with E-state index in [1.807, 2.05) is 6.92 Å². The van der Waals surface area contributed by atoms with Gasteiger partial charge in [0.05, 0.1) is 32.1 Å². The van der Waals surface area contributed by atoms with Gasteiger partial charge in [0.25, 0.3) is 5.91 Å². The molecule has 0 aliphatic heterocycles. The number of carbonyl (C=O) groups excluding carboxylic acids is 1. The standard InChI is InChI=1S/C24H24N4O3S2/c1-3-33(30,31)21-11-7-6-10-18(21)23(29)26-22-12-15(2)27-28(22)24-25-19-13-16-8-4-5-9-17(16)14-20(19)32-24/h6-7,10-14H,3-5,8-9H2,1-2H3,(H,26,29). The predicted molar refractivity (Wildman–Crippen MR) is 130 cm³/mol. The first-order chi connectivity index (χ1) is 15.9. The molecule has 0 unspecified atom stereocenters. The van der Waals surface area contributed by atoms with Crippen LogP contribution in [-0.2, 0) is 22.7 Å². The Morgan fingerprint density at radius 2 is 1.85 bits per heavy atom. The van der Waals surface area contributed by atoms with Gasteiger partial charge in [-0.2, -0.15) is 9.78 Å². The molecule has 0 saturated heterocycles. The number of hydrogen-bond acceptors (Lipinski definition) is 6. The molecule has 4 aromatic rings. The van der Waals surface area contributed by atoms with Crippen LogP contribution in [0.4, 0.5) is 5.82 Å². The fraction of sp³-hybridized carbons (Fsp3) is 0.292. The molecule has 7 nitrogen and oxygen atoms in total. The van der Waals surface area contributed by atoms with E-state index in [1.165, 1.54) is 47.4 Å². The average molecular weight is 481 g/mol. The first-order valence-corrected chi connectivity index (χ1v) is 13.4. The molecule has 2 heterocycles. The van der Waals surface area contributed by atoms with Gasteiger partial charge in [0, 0.05) is 6.07 Å². The predicted octanol–water partition coefficient (Wildman–Crippen LogP) is 4.72. The Balaban J connectivity index is 1.51. The molecule has 1 aliphatic rings. The molecule has 0 bridgehead atoms. The summed E-state index contributed by atoms with van der Waals surface area (Å²) in [5, 5.41) is 8.04. The molecular weight excluding hydrogens is 456 g/mol. The van der Waals surface area contributed by atoms with Gasteiger partial charge in [-0.05, 0) is 68.0 Å². The second-order valence-corrected chi connectivity index (χ2v) is 11.5. The number of aromatic nitrogens is 3. The first kappa shape index (κ1) is 21.8. The molecule has 9 heteroatoms. The molecule has 2 aromatic heterocycles. The van der Waals surface area contributed by atoms with E-state index in [4.69, 9.17) is 4.98 Å². The Morgan fingerprint density at radius 3 is 2.61 bits per heavy atom. The zero-order valence-electron chi connectivity index (χ0n) is 18.5. The van der Waals surface area contributed by atoms with E-state index >= 15 is 0 Å². The maximum absolute atomic E-state index is 13.1. The summed E-state index contributed by atoms with van der Waals surface area (Å²) >= 11 is 1.53. The number of aryl methyl sites for hydroxylation is 3. The van der Waals surface area contributed by atoms with Crippen LogP contribution in [0.15, 0.2) is 47.4 Å². The smallest absolute Gasteiger partial charge is 0.258 e. The SMILES string of the molecule is CCS(=O)(=O)c1ccccc1C(=O)Nc1cc(C)nn1-c1nc2cc3c(cc2s1)CCCC3. The van der Waals surface area contributed by atoms with Crippen molar-refractivity contribution >= 4 is 43.1 Å². The Labute approximate surface area is 196 Å². The van der Waals surface area contributed by atoms with E-state index in [9.17, 15) is 13.2 Å². The lowest BCUT2D eigenvalue weighted by atomic mass is 9.92. The number of amides is 1. The number of benzene rings is 2. The molecule has 1 N–H and O–H groups in total. The third-order valence-corrected chi connectivity index (χ3v) is 8.72. The first-order valence-electron chi connectivity index (χ1n) is 11.0. The summed E-state index contributed by atoms with van der Waals surface area (Å²) in [4.78, 5) is 17.9. The molecule has 0 spiro atoms. The fourth-order valence-electron chi connectivity index (χ4n) is 4.23. The van der Waals surface area contributed by atoms with Gasteiger partial charge in [-0.3, -0.25) is 4.79 Å². The minimum atomic E-state index is -3.54. The van der Waals surface area contributed by atoms with Crippen molar-refractivity contribution in [1.29, 1.82) is 0 Å². The number of hydrogen-bond donors (Lipinski definition) is 1. The highest BCUT2D eigenvalue weighted by atomic mass is 32.2. The van der Waals surface area contributed by atoms with E-state index in [2.05, 4.69) is 22.5 Å². The number of sulfone groups is 1. The van der Waals surface area contributed by atoms with Crippen molar-refractivity contribution in [2.45, 2.75) is 44.4 Å². The summed E-state index contributed by atoms with van der Waals surface area (Å²) in [6.45, 7) is 3.40. The molecule has 0 radical (unpaired) electrons. The van der Waals surface area contributed by atoms with E-state index in [-0.39, 0.29) is 16.2 Å². The summed E-state index contributed by atoms with van der Waals surface area (Å²) in [7, 11) is -3.54. The van der Waals surface area contributed by atoms with Crippen LogP contribution in [0.2, 0.25) is 0 Å². The quantitative estimate of drug-likeness (QED) is 0.446. The van der Waals surface area contributed by atoms with Crippen molar-refractivity contribution in [3.63, 3.8) is 0 Å². The second kappa shape index (κ2) is 8.39. The van der Waals surface area contributed by atoms with Gasteiger partial charge in [-0.25, -0.2) is 13.4 Å². The summed E-state index contributed by atoms with van der Waals surface area (Å²) in [6.07, 6.45) is 4.61. The third-order valence-electron chi connectivity index (χ3n) is 5.94. The molecule has 33 heavy (non-hydrogen) atoms. The summed E-state index contributed by atoms with van der Waals surface area (Å²) in [6, 6.07) is 12.4. The van der Waals surface area contributed by atoms with Crippen LogP contribution in [0.3, 0.4) is 0 Å². The van der Waals surface area contributed by atoms with Crippen molar-refractivity contribution < 1.29 is 13.2 Å². The van der Waals surface area contributed by atoms with Gasteiger partial charge in [0.15, 0.2) is 9.84 Å². The lowest BCUT2D eigenvalue weighted by molar-refractivity contribution is 0.102. The second-order valence-electron chi connectivity index (χ2n) is 8.23. The number of carbonyl (C=O) groups is 1. The lowest BCUT2D eigenvalue weighted by Gasteiger charge is -2.14. The molecule has 1 aliphatic carbocycles. The molecule has 170 valence electrons. The number of anilines is 1. The molecule has 0 atom stereocenters. The van der Waals surface area contributed by atoms with Crippen LogP contribution in [0.25, 0.3) is 15.3 Å². The van der Waals surface area contributed by atoms with E-state index in [1.54, 1.807) is 29.8 Å². The lowest BCUT2D eigenvalue weighted by Crippen LogP contribution is -2.19. The van der Waals surface area contributed by atoms with Crippen LogP contribution < -0.4 is 5.32 Å². The van der Waals surface area contributed by atoms with Gasteiger partial charge in [0.1, 0.15) is 5.82 Å². The van der Waals surface area contributed by atoms with Gasteiger partial charge in [0.2, 0.25) is 5.13 Å². The maximum Gasteiger partial charge on any atom is 0.258 e. The minimum Gasteiger partial charge on any atom is -0.306 e. The number of fused-ring (bicyclic) bond motifs is 2. The summed E-state index contributed by atoms with van der Waals surface area (Å²) < 4.78 is 27.7. The molecule has 2 aromatic carbocycles. The topological polar surface area (TPSA) is 94.0 Å². The highest BCUT2D eigenvalue weighted by Crippen LogP contribution is 2.32. The highest BCUT2D eigenvalue weighted by Gasteiger charge is 2.22. The third kappa shape index (κ3) is 4.06. The van der Waals surface area contributed by atoms with Crippen LogP contribution >= 0.6 is 11.3 Å². The van der Waals surface area contributed by atoms with E-state index < -0.39 is 15.7 Å². The fourth-order valence-corrected chi connectivity index (χ4v) is 6.30. The molecule has 0 fully saturated rings. The zero-order chi connectivity index (χ0) is 23.2. The van der Waals surface area contributed by atoms with Crippen LogP contribution in [0.5, 0.6) is 0 Å². The summed E-state index contributed by atoms with van der Waals surface area (Å²) in [5.41, 5.74) is 4.52. The van der Waals surface area contributed by atoms with Crippen LogP contribution in [0.1, 0.15) is 46.9 Å².